The van der Waals surface area contributed by atoms with Crippen molar-refractivity contribution >= 4 is 5.69 Å². The smallest absolute Gasteiger partial charge is 0.115 e. The predicted molar refractivity (Wildman–Crippen MR) is 65.4 cm³/mol. The fourth-order valence-corrected chi connectivity index (χ4v) is 2.21. The maximum absolute atomic E-state index is 12.3. The summed E-state index contributed by atoms with van der Waals surface area (Å²) in [5, 5.41) is 3.50. The molecule has 2 rings (SSSR count). The average molecular weight is 222 g/mol. The SMILES string of the molecule is CN1CCCC(Nc2ccc(CF)cc2)C1. The Morgan fingerprint density at radius 2 is 2.12 bits per heavy atom. The Morgan fingerprint density at radius 3 is 2.75 bits per heavy atom. The summed E-state index contributed by atoms with van der Waals surface area (Å²) in [6.07, 6.45) is 2.46. The summed E-state index contributed by atoms with van der Waals surface area (Å²) in [5.74, 6) is 0. The van der Waals surface area contributed by atoms with Crippen LogP contribution in [0.3, 0.4) is 0 Å². The number of anilines is 1. The molecule has 1 aliphatic heterocycles. The minimum absolute atomic E-state index is 0.382. The molecule has 0 aromatic heterocycles. The molecule has 1 atom stereocenters. The number of halogens is 1. The molecule has 88 valence electrons. The summed E-state index contributed by atoms with van der Waals surface area (Å²) < 4.78 is 12.3. The van der Waals surface area contributed by atoms with Gasteiger partial charge in [-0.25, -0.2) is 4.39 Å². The third-order valence-corrected chi connectivity index (χ3v) is 3.10. The molecule has 1 heterocycles. The first-order valence-electron chi connectivity index (χ1n) is 5.88. The molecule has 0 bridgehead atoms. The van der Waals surface area contributed by atoms with Crippen molar-refractivity contribution < 1.29 is 4.39 Å². The van der Waals surface area contributed by atoms with Crippen molar-refractivity contribution in [2.24, 2.45) is 0 Å². The highest BCUT2D eigenvalue weighted by atomic mass is 19.1. The van der Waals surface area contributed by atoms with Gasteiger partial charge < -0.3 is 10.2 Å². The van der Waals surface area contributed by atoms with Crippen molar-refractivity contribution in [1.82, 2.24) is 4.90 Å². The molecule has 1 aliphatic rings. The van der Waals surface area contributed by atoms with Crippen LogP contribution in [0.5, 0.6) is 0 Å². The second-order valence-electron chi connectivity index (χ2n) is 4.58. The Morgan fingerprint density at radius 1 is 1.38 bits per heavy atom. The molecule has 2 nitrogen and oxygen atoms in total. The maximum Gasteiger partial charge on any atom is 0.115 e. The number of nitrogens with one attached hydrogen (secondary N) is 1. The average Bonchev–Trinajstić information content (AvgIpc) is 2.30. The molecule has 3 heteroatoms. The van der Waals surface area contributed by atoms with E-state index in [1.165, 1.54) is 19.4 Å². The fraction of sp³-hybridized carbons (Fsp3) is 0.538. The number of hydrogen-bond acceptors (Lipinski definition) is 2. The van der Waals surface area contributed by atoms with Crippen molar-refractivity contribution in [2.45, 2.75) is 25.6 Å². The normalized spacial score (nSPS) is 22.0. The van der Waals surface area contributed by atoms with Gasteiger partial charge in [-0.3, -0.25) is 0 Å². The summed E-state index contributed by atoms with van der Waals surface area (Å²) in [6, 6.07) is 8.13. The Hall–Kier alpha value is -1.09. The van der Waals surface area contributed by atoms with E-state index in [9.17, 15) is 4.39 Å². The van der Waals surface area contributed by atoms with E-state index in [1.54, 1.807) is 0 Å². The molecule has 1 N–H and O–H groups in total. The van der Waals surface area contributed by atoms with E-state index in [2.05, 4.69) is 17.3 Å². The summed E-state index contributed by atoms with van der Waals surface area (Å²) >= 11 is 0. The van der Waals surface area contributed by atoms with Crippen LogP contribution in [0.25, 0.3) is 0 Å². The Kier molecular flexibility index (Phi) is 3.78. The van der Waals surface area contributed by atoms with Gasteiger partial charge >= 0.3 is 0 Å². The van der Waals surface area contributed by atoms with E-state index in [0.717, 1.165) is 17.8 Å². The van der Waals surface area contributed by atoms with Crippen molar-refractivity contribution in [3.8, 4) is 0 Å². The zero-order valence-electron chi connectivity index (χ0n) is 9.75. The van der Waals surface area contributed by atoms with Crippen molar-refractivity contribution in [3.63, 3.8) is 0 Å². The van der Waals surface area contributed by atoms with E-state index in [4.69, 9.17) is 0 Å². The Bertz CT molecular complexity index is 323. The highest BCUT2D eigenvalue weighted by Crippen LogP contribution is 2.16. The second kappa shape index (κ2) is 5.30. The van der Waals surface area contributed by atoms with Crippen molar-refractivity contribution in [1.29, 1.82) is 0 Å². The molecule has 0 spiro atoms. The minimum atomic E-state index is -0.382. The van der Waals surface area contributed by atoms with Crippen LogP contribution in [0.15, 0.2) is 24.3 Å². The number of alkyl halides is 1. The summed E-state index contributed by atoms with van der Waals surface area (Å²) in [5.41, 5.74) is 1.84. The molecule has 1 fully saturated rings. The summed E-state index contributed by atoms with van der Waals surface area (Å²) in [7, 11) is 2.15. The van der Waals surface area contributed by atoms with Gasteiger partial charge in [0.2, 0.25) is 0 Å². The third kappa shape index (κ3) is 2.95. The number of rotatable bonds is 3. The first kappa shape index (κ1) is 11.4. The van der Waals surface area contributed by atoms with E-state index in [0.29, 0.717) is 6.04 Å². The lowest BCUT2D eigenvalue weighted by Crippen LogP contribution is -2.39. The van der Waals surface area contributed by atoms with Gasteiger partial charge in [-0.15, -0.1) is 0 Å². The number of hydrogen-bond donors (Lipinski definition) is 1. The van der Waals surface area contributed by atoms with Crippen LogP contribution in [0.1, 0.15) is 18.4 Å². The van der Waals surface area contributed by atoms with Gasteiger partial charge in [-0.05, 0) is 44.1 Å². The molecule has 16 heavy (non-hydrogen) atoms. The van der Waals surface area contributed by atoms with Gasteiger partial charge in [0.15, 0.2) is 0 Å². The summed E-state index contributed by atoms with van der Waals surface area (Å²) in [6.45, 7) is 1.90. The number of nitrogens with zero attached hydrogens (tertiary/aromatic N) is 1. The molecule has 1 aromatic carbocycles. The molecular formula is C13H19FN2. The molecular weight excluding hydrogens is 203 g/mol. The fourth-order valence-electron chi connectivity index (χ4n) is 2.21. The number of piperidine rings is 1. The van der Waals surface area contributed by atoms with E-state index < -0.39 is 0 Å². The second-order valence-corrected chi connectivity index (χ2v) is 4.58. The number of likely N-dealkylation sites (N-methyl/N-ethyl adjacent to an activating group) is 1. The van der Waals surface area contributed by atoms with Crippen LogP contribution < -0.4 is 5.32 Å². The van der Waals surface area contributed by atoms with Crippen LogP contribution in [-0.4, -0.2) is 31.1 Å². The molecule has 1 aromatic rings. The minimum Gasteiger partial charge on any atom is -0.381 e. The van der Waals surface area contributed by atoms with Crippen molar-refractivity contribution in [3.05, 3.63) is 29.8 Å². The number of likely N-dealkylation sites (tertiary alicyclic amines) is 1. The first-order valence-corrected chi connectivity index (χ1v) is 5.88. The first-order chi connectivity index (χ1) is 7.78. The topological polar surface area (TPSA) is 15.3 Å². The molecule has 1 unspecified atom stereocenters. The number of benzene rings is 1. The maximum atomic E-state index is 12.3. The monoisotopic (exact) mass is 222 g/mol. The van der Waals surface area contributed by atoms with Gasteiger partial charge in [0.1, 0.15) is 6.67 Å². The van der Waals surface area contributed by atoms with Crippen LogP contribution in [0, 0.1) is 0 Å². The largest absolute Gasteiger partial charge is 0.381 e. The molecule has 0 radical (unpaired) electrons. The Labute approximate surface area is 96.5 Å². The summed E-state index contributed by atoms with van der Waals surface area (Å²) in [4.78, 5) is 2.34. The highest BCUT2D eigenvalue weighted by Gasteiger charge is 2.16. The molecule has 1 saturated heterocycles. The van der Waals surface area contributed by atoms with Crippen LogP contribution in [0.4, 0.5) is 10.1 Å². The third-order valence-electron chi connectivity index (χ3n) is 3.10. The van der Waals surface area contributed by atoms with Gasteiger partial charge in [0, 0.05) is 18.3 Å². The van der Waals surface area contributed by atoms with Crippen LogP contribution in [0.2, 0.25) is 0 Å². The molecule has 0 aliphatic carbocycles. The lowest BCUT2D eigenvalue weighted by atomic mass is 10.1. The highest BCUT2D eigenvalue weighted by molar-refractivity contribution is 5.45. The molecule has 0 amide bonds. The lowest BCUT2D eigenvalue weighted by Gasteiger charge is -2.30. The van der Waals surface area contributed by atoms with Crippen LogP contribution in [-0.2, 0) is 6.67 Å². The van der Waals surface area contributed by atoms with E-state index in [1.807, 2.05) is 24.3 Å². The lowest BCUT2D eigenvalue weighted by molar-refractivity contribution is 0.261. The quantitative estimate of drug-likeness (QED) is 0.845. The van der Waals surface area contributed by atoms with Gasteiger partial charge in [-0.2, -0.15) is 0 Å². The van der Waals surface area contributed by atoms with Crippen LogP contribution >= 0.6 is 0 Å². The zero-order chi connectivity index (χ0) is 11.4. The van der Waals surface area contributed by atoms with Crippen molar-refractivity contribution in [2.75, 3.05) is 25.5 Å². The predicted octanol–water partition coefficient (Wildman–Crippen LogP) is 2.66. The molecule has 0 saturated carbocycles. The van der Waals surface area contributed by atoms with Gasteiger partial charge in [-0.1, -0.05) is 12.1 Å². The standard InChI is InChI=1S/C13H19FN2/c1-16-8-2-3-13(10-16)15-12-6-4-11(9-14)5-7-12/h4-7,13,15H,2-3,8-10H2,1H3. The van der Waals surface area contributed by atoms with E-state index >= 15 is 0 Å². The zero-order valence-corrected chi connectivity index (χ0v) is 9.75. The van der Waals surface area contributed by atoms with Gasteiger partial charge in [0.05, 0.1) is 0 Å². The van der Waals surface area contributed by atoms with E-state index in [-0.39, 0.29) is 6.67 Å². The van der Waals surface area contributed by atoms with Gasteiger partial charge in [0.25, 0.3) is 0 Å². The Balaban J connectivity index is 1.92.